The normalized spacial score (nSPS) is 20.9. The van der Waals surface area contributed by atoms with E-state index in [1.54, 1.807) is 11.3 Å². The first-order chi connectivity index (χ1) is 9.76. The molecule has 1 aromatic heterocycles. The number of thiophene rings is 1. The molecule has 1 aliphatic rings. The Labute approximate surface area is 124 Å². The summed E-state index contributed by atoms with van der Waals surface area (Å²) in [4.78, 5) is 13.6. The molecule has 1 fully saturated rings. The number of rotatable bonds is 6. The fourth-order valence-corrected chi connectivity index (χ4v) is 3.50. The molecule has 2 rings (SSSR count). The van der Waals surface area contributed by atoms with E-state index in [0.29, 0.717) is 19.1 Å². The minimum Gasteiger partial charge on any atom is -0.366 e. The lowest BCUT2D eigenvalue weighted by molar-refractivity contribution is -0.135. The van der Waals surface area contributed by atoms with E-state index in [0.717, 1.165) is 19.4 Å². The molecule has 5 heteroatoms. The van der Waals surface area contributed by atoms with Crippen LogP contribution in [0.3, 0.4) is 0 Å². The van der Waals surface area contributed by atoms with Crippen LogP contribution >= 0.6 is 11.3 Å². The number of ether oxygens (including phenoxy) is 1. The molecule has 0 bridgehead atoms. The van der Waals surface area contributed by atoms with E-state index in [-0.39, 0.29) is 18.1 Å². The molecule has 2 N–H and O–H groups in total. The lowest BCUT2D eigenvalue weighted by Crippen LogP contribution is -2.49. The highest BCUT2D eigenvalue weighted by molar-refractivity contribution is 7.10. The fourth-order valence-electron chi connectivity index (χ4n) is 2.63. The predicted molar refractivity (Wildman–Crippen MR) is 81.9 cm³/mol. The first kappa shape index (κ1) is 15.5. The monoisotopic (exact) mass is 296 g/mol. The number of hydrogen-bond donors (Lipinski definition) is 2. The van der Waals surface area contributed by atoms with Gasteiger partial charge in [-0.25, -0.2) is 0 Å². The zero-order valence-electron chi connectivity index (χ0n) is 12.2. The van der Waals surface area contributed by atoms with Gasteiger partial charge in [0.15, 0.2) is 0 Å². The van der Waals surface area contributed by atoms with Gasteiger partial charge in [0, 0.05) is 18.0 Å². The van der Waals surface area contributed by atoms with Crippen molar-refractivity contribution < 1.29 is 9.53 Å². The molecule has 20 heavy (non-hydrogen) atoms. The Kier molecular flexibility index (Phi) is 6.01. The van der Waals surface area contributed by atoms with Gasteiger partial charge in [0.2, 0.25) is 0 Å². The van der Waals surface area contributed by atoms with E-state index in [1.807, 2.05) is 6.07 Å². The minimum atomic E-state index is -0.361. The summed E-state index contributed by atoms with van der Waals surface area (Å²) in [7, 11) is 0. The Hall–Kier alpha value is -0.910. The Balaban J connectivity index is 2.05. The molecule has 0 aromatic carbocycles. The fraction of sp³-hybridized carbons (Fsp3) is 0.667. The number of morpholine rings is 1. The molecule has 2 atom stereocenters. The molecule has 2 unspecified atom stereocenters. The van der Waals surface area contributed by atoms with Crippen LogP contribution in [0.15, 0.2) is 17.5 Å². The topological polar surface area (TPSA) is 50.4 Å². The Morgan fingerprint density at radius 3 is 2.90 bits per heavy atom. The molecule has 1 amide bonds. The van der Waals surface area contributed by atoms with Crippen molar-refractivity contribution in [3.63, 3.8) is 0 Å². The average Bonchev–Trinajstić information content (AvgIpc) is 3.02. The highest BCUT2D eigenvalue weighted by atomic mass is 32.1. The molecule has 1 aromatic rings. The van der Waals surface area contributed by atoms with Gasteiger partial charge in [0.1, 0.15) is 6.10 Å². The summed E-state index contributed by atoms with van der Waals surface area (Å²) in [5, 5.41) is 8.46. The van der Waals surface area contributed by atoms with Gasteiger partial charge in [0.25, 0.3) is 5.91 Å². The van der Waals surface area contributed by atoms with Crippen LogP contribution in [-0.2, 0) is 9.53 Å². The van der Waals surface area contributed by atoms with Gasteiger partial charge in [-0.3, -0.25) is 4.79 Å². The summed E-state index contributed by atoms with van der Waals surface area (Å²) in [6.45, 7) is 6.39. The second kappa shape index (κ2) is 7.76. The van der Waals surface area contributed by atoms with E-state index >= 15 is 0 Å². The van der Waals surface area contributed by atoms with Crippen LogP contribution in [0.4, 0.5) is 0 Å². The van der Waals surface area contributed by atoms with Crippen LogP contribution in [0.1, 0.15) is 37.6 Å². The smallest absolute Gasteiger partial charge is 0.250 e. The van der Waals surface area contributed by atoms with E-state index in [9.17, 15) is 4.79 Å². The number of nitrogens with one attached hydrogen (secondary N) is 2. The van der Waals surface area contributed by atoms with Crippen molar-refractivity contribution in [3.05, 3.63) is 22.4 Å². The van der Waals surface area contributed by atoms with Crippen LogP contribution in [0, 0.1) is 5.92 Å². The predicted octanol–water partition coefficient (Wildman–Crippen LogP) is 2.33. The molecule has 112 valence electrons. The molecule has 2 heterocycles. The maximum Gasteiger partial charge on any atom is 0.250 e. The Morgan fingerprint density at radius 2 is 2.35 bits per heavy atom. The van der Waals surface area contributed by atoms with Crippen LogP contribution in [0.2, 0.25) is 0 Å². The van der Waals surface area contributed by atoms with Crippen LogP contribution in [-0.4, -0.2) is 31.7 Å². The summed E-state index contributed by atoms with van der Waals surface area (Å²) in [5.41, 5.74) is 0. The van der Waals surface area contributed by atoms with Crippen molar-refractivity contribution >= 4 is 17.2 Å². The Morgan fingerprint density at radius 1 is 1.55 bits per heavy atom. The quantitative estimate of drug-likeness (QED) is 0.847. The van der Waals surface area contributed by atoms with Gasteiger partial charge in [-0.05, 0) is 17.4 Å². The molecule has 0 aliphatic carbocycles. The molecule has 1 aliphatic heterocycles. The summed E-state index contributed by atoms with van der Waals surface area (Å²) in [5.74, 6) is 0.469. The van der Waals surface area contributed by atoms with Crippen LogP contribution < -0.4 is 10.6 Å². The zero-order valence-corrected chi connectivity index (χ0v) is 13.0. The van der Waals surface area contributed by atoms with Gasteiger partial charge >= 0.3 is 0 Å². The van der Waals surface area contributed by atoms with Gasteiger partial charge in [-0.2, -0.15) is 0 Å². The van der Waals surface area contributed by atoms with E-state index in [4.69, 9.17) is 4.74 Å². The van der Waals surface area contributed by atoms with Crippen LogP contribution in [0.5, 0.6) is 0 Å². The summed E-state index contributed by atoms with van der Waals surface area (Å²) in [6.07, 6.45) is 1.76. The third-order valence-electron chi connectivity index (χ3n) is 3.89. The highest BCUT2D eigenvalue weighted by Gasteiger charge is 2.28. The number of carbonyl (C=O) groups excluding carboxylic acids is 1. The van der Waals surface area contributed by atoms with Crippen molar-refractivity contribution in [2.45, 2.75) is 38.8 Å². The SMILES string of the molecule is CCC(CC)C(NC(=O)C1CNCCO1)c1cccs1. The maximum atomic E-state index is 12.4. The summed E-state index contributed by atoms with van der Waals surface area (Å²) < 4.78 is 5.53. The summed E-state index contributed by atoms with van der Waals surface area (Å²) in [6, 6.07) is 4.25. The standard InChI is InChI=1S/C15H24N2O2S/c1-3-11(4-2)14(13-6-5-9-20-13)17-15(18)12-10-16-7-8-19-12/h5-6,9,11-12,14,16H,3-4,7-8,10H2,1-2H3,(H,17,18). The maximum absolute atomic E-state index is 12.4. The minimum absolute atomic E-state index is 0.00231. The van der Waals surface area contributed by atoms with Crippen molar-refractivity contribution in [3.8, 4) is 0 Å². The zero-order chi connectivity index (χ0) is 14.4. The molecule has 0 radical (unpaired) electrons. The first-order valence-corrected chi connectivity index (χ1v) is 8.30. The molecule has 1 saturated heterocycles. The van der Waals surface area contributed by atoms with Crippen molar-refractivity contribution in [1.29, 1.82) is 0 Å². The van der Waals surface area contributed by atoms with Gasteiger partial charge in [0.05, 0.1) is 12.6 Å². The van der Waals surface area contributed by atoms with Crippen molar-refractivity contribution in [1.82, 2.24) is 10.6 Å². The number of amides is 1. The number of carbonyl (C=O) groups is 1. The first-order valence-electron chi connectivity index (χ1n) is 7.42. The molecular weight excluding hydrogens is 272 g/mol. The van der Waals surface area contributed by atoms with Crippen molar-refractivity contribution in [2.75, 3.05) is 19.7 Å². The average molecular weight is 296 g/mol. The Bertz CT molecular complexity index is 398. The van der Waals surface area contributed by atoms with E-state index < -0.39 is 0 Å². The number of hydrogen-bond acceptors (Lipinski definition) is 4. The lowest BCUT2D eigenvalue weighted by Gasteiger charge is -2.29. The van der Waals surface area contributed by atoms with Gasteiger partial charge < -0.3 is 15.4 Å². The second-order valence-electron chi connectivity index (χ2n) is 5.14. The summed E-state index contributed by atoms with van der Waals surface area (Å²) >= 11 is 1.71. The van der Waals surface area contributed by atoms with Crippen molar-refractivity contribution in [2.24, 2.45) is 5.92 Å². The third-order valence-corrected chi connectivity index (χ3v) is 4.84. The molecule has 0 spiro atoms. The highest BCUT2D eigenvalue weighted by Crippen LogP contribution is 2.30. The second-order valence-corrected chi connectivity index (χ2v) is 6.12. The van der Waals surface area contributed by atoms with Gasteiger partial charge in [-0.1, -0.05) is 32.8 Å². The molecule has 4 nitrogen and oxygen atoms in total. The largest absolute Gasteiger partial charge is 0.366 e. The van der Waals surface area contributed by atoms with E-state index in [2.05, 4.69) is 35.9 Å². The van der Waals surface area contributed by atoms with Crippen LogP contribution in [0.25, 0.3) is 0 Å². The third kappa shape index (κ3) is 3.81. The van der Waals surface area contributed by atoms with Gasteiger partial charge in [-0.15, -0.1) is 11.3 Å². The molecule has 0 saturated carbocycles. The lowest BCUT2D eigenvalue weighted by atomic mass is 9.92. The van der Waals surface area contributed by atoms with E-state index in [1.165, 1.54) is 4.88 Å². The molecular formula is C15H24N2O2S.